The quantitative estimate of drug-likeness (QED) is 0.642. The highest BCUT2D eigenvalue weighted by atomic mass is 19.1. The van der Waals surface area contributed by atoms with Gasteiger partial charge in [0.25, 0.3) is 5.91 Å². The van der Waals surface area contributed by atoms with E-state index in [2.05, 4.69) is 20.1 Å². The third kappa shape index (κ3) is 3.41. The van der Waals surface area contributed by atoms with E-state index in [9.17, 15) is 14.0 Å². The zero-order chi connectivity index (χ0) is 23.3. The summed E-state index contributed by atoms with van der Waals surface area (Å²) in [5.74, 6) is -0.727. The standard InChI is InChI=1S/C22H20FN7O3/c1-22(2)20(31)30(21(32)33-22)15-10-26-18(27-17(15)24)16-13-7-5-9-25-19(13)29(28-16)11-12-6-3-4-8-14(12)23/h4-5,7-10H,3,6,11H2,1-2H3,(H2,24,26,27). The fourth-order valence-electron chi connectivity index (χ4n) is 3.84. The van der Waals surface area contributed by atoms with Gasteiger partial charge in [-0.3, -0.25) is 4.79 Å². The second kappa shape index (κ2) is 7.47. The molecule has 168 valence electrons. The highest BCUT2D eigenvalue weighted by molar-refractivity contribution is 6.20. The Morgan fingerprint density at radius 1 is 1.27 bits per heavy atom. The van der Waals surface area contributed by atoms with Gasteiger partial charge in [0.05, 0.1) is 18.1 Å². The van der Waals surface area contributed by atoms with Crippen LogP contribution in [0, 0.1) is 0 Å². The number of carbonyl (C=O) groups excluding carboxylic acids is 2. The number of nitrogen functional groups attached to an aromatic ring is 1. The number of anilines is 2. The number of fused-ring (bicyclic) bond motifs is 1. The molecule has 0 bridgehead atoms. The molecular formula is C22H20FN7O3. The van der Waals surface area contributed by atoms with Gasteiger partial charge in [-0.1, -0.05) is 6.08 Å². The van der Waals surface area contributed by atoms with E-state index >= 15 is 0 Å². The number of cyclic esters (lactones) is 1. The van der Waals surface area contributed by atoms with Crippen molar-refractivity contribution in [2.24, 2.45) is 0 Å². The lowest BCUT2D eigenvalue weighted by Crippen LogP contribution is -2.36. The summed E-state index contributed by atoms with van der Waals surface area (Å²) >= 11 is 0. The number of allylic oxidation sites excluding steroid dienone is 4. The van der Waals surface area contributed by atoms with Crippen molar-refractivity contribution in [3.05, 3.63) is 48.1 Å². The molecule has 0 unspecified atom stereocenters. The first-order chi connectivity index (χ1) is 15.8. The number of nitrogens with zero attached hydrogens (tertiary/aromatic N) is 6. The van der Waals surface area contributed by atoms with Gasteiger partial charge in [0.15, 0.2) is 22.9 Å². The molecule has 1 aliphatic heterocycles. The number of hydrogen-bond donors (Lipinski definition) is 1. The largest absolute Gasteiger partial charge is 0.433 e. The van der Waals surface area contributed by atoms with Crippen molar-refractivity contribution in [3.8, 4) is 11.5 Å². The van der Waals surface area contributed by atoms with Crippen molar-refractivity contribution in [2.75, 3.05) is 10.6 Å². The summed E-state index contributed by atoms with van der Waals surface area (Å²) in [5, 5.41) is 5.25. The van der Waals surface area contributed by atoms with Crippen LogP contribution in [0.4, 0.5) is 20.7 Å². The van der Waals surface area contributed by atoms with Gasteiger partial charge in [0.2, 0.25) is 0 Å². The van der Waals surface area contributed by atoms with E-state index in [4.69, 9.17) is 10.5 Å². The Kier molecular flexibility index (Phi) is 4.69. The third-order valence-electron chi connectivity index (χ3n) is 5.56. The number of halogens is 1. The second-order valence-corrected chi connectivity index (χ2v) is 8.26. The number of imide groups is 1. The minimum Gasteiger partial charge on any atom is -0.433 e. The Hall–Kier alpha value is -4.15. The number of hydrogen-bond acceptors (Lipinski definition) is 8. The monoisotopic (exact) mass is 449 g/mol. The third-order valence-corrected chi connectivity index (χ3v) is 5.56. The van der Waals surface area contributed by atoms with E-state index in [-0.39, 0.29) is 29.7 Å². The van der Waals surface area contributed by atoms with Crippen LogP contribution in [-0.2, 0) is 16.1 Å². The summed E-state index contributed by atoms with van der Waals surface area (Å²) in [5.41, 5.74) is 6.41. The molecule has 10 nitrogen and oxygen atoms in total. The van der Waals surface area contributed by atoms with Gasteiger partial charge in [0, 0.05) is 6.20 Å². The number of aromatic nitrogens is 5. The van der Waals surface area contributed by atoms with Crippen molar-refractivity contribution < 1.29 is 18.7 Å². The maximum atomic E-state index is 14.2. The smallest absolute Gasteiger partial charge is 0.422 e. The fourth-order valence-corrected chi connectivity index (χ4v) is 3.84. The molecule has 33 heavy (non-hydrogen) atoms. The average molecular weight is 449 g/mol. The predicted octanol–water partition coefficient (Wildman–Crippen LogP) is 3.31. The summed E-state index contributed by atoms with van der Waals surface area (Å²) in [6.45, 7) is 3.22. The van der Waals surface area contributed by atoms with Crippen LogP contribution in [0.15, 0.2) is 48.1 Å². The number of amides is 2. The van der Waals surface area contributed by atoms with Crippen LogP contribution >= 0.6 is 0 Å². The van der Waals surface area contributed by atoms with Crippen LogP contribution in [0.1, 0.15) is 26.7 Å². The average Bonchev–Trinajstić information content (AvgIpc) is 3.24. The highest BCUT2D eigenvalue weighted by Gasteiger charge is 2.48. The Labute approximate surface area is 187 Å². The normalized spacial score (nSPS) is 17.8. The van der Waals surface area contributed by atoms with Gasteiger partial charge in [-0.05, 0) is 50.5 Å². The molecule has 3 aromatic rings. The van der Waals surface area contributed by atoms with Crippen LogP contribution in [0.25, 0.3) is 22.6 Å². The molecule has 2 amide bonds. The summed E-state index contributed by atoms with van der Waals surface area (Å²) in [6.07, 6.45) is 6.69. The Bertz CT molecular complexity index is 1380. The minimum absolute atomic E-state index is 0.0300. The molecule has 1 fully saturated rings. The van der Waals surface area contributed by atoms with Gasteiger partial charge < -0.3 is 10.5 Å². The topological polar surface area (TPSA) is 129 Å². The van der Waals surface area contributed by atoms with Crippen molar-refractivity contribution in [2.45, 2.75) is 38.8 Å². The molecule has 1 aliphatic carbocycles. The molecule has 11 heteroatoms. The van der Waals surface area contributed by atoms with Gasteiger partial charge in [-0.15, -0.1) is 0 Å². The zero-order valence-corrected chi connectivity index (χ0v) is 17.9. The highest BCUT2D eigenvalue weighted by Crippen LogP contribution is 2.33. The van der Waals surface area contributed by atoms with Gasteiger partial charge in [-0.2, -0.15) is 5.10 Å². The van der Waals surface area contributed by atoms with Crippen LogP contribution in [0.3, 0.4) is 0 Å². The molecule has 2 N–H and O–H groups in total. The van der Waals surface area contributed by atoms with E-state index in [0.29, 0.717) is 28.7 Å². The zero-order valence-electron chi connectivity index (χ0n) is 17.9. The summed E-state index contributed by atoms with van der Waals surface area (Å²) in [6, 6.07) is 3.56. The lowest BCUT2D eigenvalue weighted by atomic mass is 10.0. The first-order valence-electron chi connectivity index (χ1n) is 10.3. The summed E-state index contributed by atoms with van der Waals surface area (Å²) < 4.78 is 21.0. The molecular weight excluding hydrogens is 429 g/mol. The van der Waals surface area contributed by atoms with Crippen molar-refractivity contribution in [1.82, 2.24) is 24.7 Å². The number of nitrogens with two attached hydrogens (primary N) is 1. The van der Waals surface area contributed by atoms with Crippen LogP contribution in [-0.4, -0.2) is 42.3 Å². The molecule has 0 atom stereocenters. The van der Waals surface area contributed by atoms with Gasteiger partial charge >= 0.3 is 6.09 Å². The van der Waals surface area contributed by atoms with Crippen molar-refractivity contribution in [3.63, 3.8) is 0 Å². The van der Waals surface area contributed by atoms with E-state index < -0.39 is 17.6 Å². The molecule has 0 aromatic carbocycles. The van der Waals surface area contributed by atoms with Crippen molar-refractivity contribution >= 4 is 34.5 Å². The molecule has 1 saturated heterocycles. The lowest BCUT2D eigenvalue weighted by Gasteiger charge is -2.14. The molecule has 4 heterocycles. The molecule has 0 spiro atoms. The predicted molar refractivity (Wildman–Crippen MR) is 118 cm³/mol. The Morgan fingerprint density at radius 2 is 2.09 bits per heavy atom. The van der Waals surface area contributed by atoms with E-state index in [0.717, 1.165) is 11.3 Å². The van der Waals surface area contributed by atoms with Gasteiger partial charge in [-0.25, -0.2) is 33.7 Å². The number of carbonyl (C=O) groups is 2. The number of rotatable bonds is 4. The van der Waals surface area contributed by atoms with Crippen LogP contribution < -0.4 is 10.6 Å². The second-order valence-electron chi connectivity index (χ2n) is 8.26. The minimum atomic E-state index is -1.30. The van der Waals surface area contributed by atoms with E-state index in [1.165, 1.54) is 26.1 Å². The van der Waals surface area contributed by atoms with E-state index in [1.807, 2.05) is 6.07 Å². The van der Waals surface area contributed by atoms with E-state index in [1.54, 1.807) is 23.0 Å². The van der Waals surface area contributed by atoms with Crippen LogP contribution in [0.2, 0.25) is 0 Å². The maximum absolute atomic E-state index is 14.2. The fraction of sp³-hybridized carbons (Fsp3) is 0.273. The van der Waals surface area contributed by atoms with Crippen molar-refractivity contribution in [1.29, 1.82) is 0 Å². The molecule has 3 aromatic heterocycles. The van der Waals surface area contributed by atoms with Gasteiger partial charge in [0.1, 0.15) is 17.2 Å². The number of ether oxygens (including phenoxy) is 1. The SMILES string of the molecule is CC1(C)OC(=O)N(c2cnc(-c3nn(CC4=C(F)C=CCC4)c4ncccc34)nc2N)C1=O. The summed E-state index contributed by atoms with van der Waals surface area (Å²) in [7, 11) is 0. The number of pyridine rings is 1. The van der Waals surface area contributed by atoms with Crippen LogP contribution in [0.5, 0.6) is 0 Å². The Morgan fingerprint density at radius 3 is 2.79 bits per heavy atom. The summed E-state index contributed by atoms with van der Waals surface area (Å²) in [4.78, 5) is 38.6. The lowest BCUT2D eigenvalue weighted by molar-refractivity contribution is -0.127. The molecule has 2 aliphatic rings. The molecule has 5 rings (SSSR count). The molecule has 0 radical (unpaired) electrons. The first kappa shape index (κ1) is 20.7. The molecule has 0 saturated carbocycles. The Balaban J connectivity index is 1.55. The maximum Gasteiger partial charge on any atom is 0.422 e. The first-order valence-corrected chi connectivity index (χ1v) is 10.3.